The van der Waals surface area contributed by atoms with Crippen LogP contribution in [0.3, 0.4) is 0 Å². The summed E-state index contributed by atoms with van der Waals surface area (Å²) >= 11 is 0. The van der Waals surface area contributed by atoms with Crippen LogP contribution in [0.1, 0.15) is 5.69 Å². The van der Waals surface area contributed by atoms with E-state index in [4.69, 9.17) is 4.74 Å². The van der Waals surface area contributed by atoms with Crippen LogP contribution in [0.25, 0.3) is 22.2 Å². The molecule has 8 heteroatoms. The van der Waals surface area contributed by atoms with Crippen LogP contribution in [-0.4, -0.2) is 29.3 Å². The standard InChI is InChI=1S/C24H20N6O2/c1-29-15-17(14-28-29)23-13-20(7-10-26-23)32-19-5-6-22-21(12-19)24(31)30(16-27-22)11-8-18-4-2-3-9-25-18/h2-7,9-10,12-16H,8,11H2,1H3. The van der Waals surface area contributed by atoms with Gasteiger partial charge in [-0.2, -0.15) is 5.10 Å². The van der Waals surface area contributed by atoms with Crippen LogP contribution in [0.5, 0.6) is 11.5 Å². The molecule has 0 atom stereocenters. The zero-order valence-electron chi connectivity index (χ0n) is 17.4. The number of aromatic nitrogens is 6. The summed E-state index contributed by atoms with van der Waals surface area (Å²) in [5.74, 6) is 1.18. The van der Waals surface area contributed by atoms with Crippen LogP contribution in [-0.2, 0) is 20.0 Å². The van der Waals surface area contributed by atoms with Gasteiger partial charge in [0, 0.05) is 55.9 Å². The molecule has 32 heavy (non-hydrogen) atoms. The topological polar surface area (TPSA) is 87.7 Å². The second-order valence-electron chi connectivity index (χ2n) is 7.37. The van der Waals surface area contributed by atoms with E-state index < -0.39 is 0 Å². The molecule has 0 spiro atoms. The van der Waals surface area contributed by atoms with Gasteiger partial charge < -0.3 is 4.74 Å². The Kier molecular flexibility index (Phi) is 5.17. The monoisotopic (exact) mass is 424 g/mol. The fourth-order valence-corrected chi connectivity index (χ4v) is 3.46. The van der Waals surface area contributed by atoms with Crippen molar-refractivity contribution in [1.29, 1.82) is 0 Å². The molecular weight excluding hydrogens is 404 g/mol. The van der Waals surface area contributed by atoms with Crippen molar-refractivity contribution in [1.82, 2.24) is 29.3 Å². The van der Waals surface area contributed by atoms with Crippen LogP contribution < -0.4 is 10.3 Å². The molecule has 5 rings (SSSR count). The third-order valence-electron chi connectivity index (χ3n) is 5.10. The molecule has 4 aromatic heterocycles. The van der Waals surface area contributed by atoms with Crippen LogP contribution in [0.2, 0.25) is 0 Å². The van der Waals surface area contributed by atoms with Gasteiger partial charge in [-0.3, -0.25) is 24.0 Å². The summed E-state index contributed by atoms with van der Waals surface area (Å²) in [6.07, 6.45) is 9.31. The molecule has 8 nitrogen and oxygen atoms in total. The van der Waals surface area contributed by atoms with Crippen LogP contribution in [0, 0.1) is 0 Å². The van der Waals surface area contributed by atoms with Gasteiger partial charge in [0.2, 0.25) is 0 Å². The number of benzene rings is 1. The summed E-state index contributed by atoms with van der Waals surface area (Å²) in [5, 5.41) is 4.69. The van der Waals surface area contributed by atoms with Gasteiger partial charge in [0.1, 0.15) is 11.5 Å². The zero-order valence-corrected chi connectivity index (χ0v) is 17.4. The van der Waals surface area contributed by atoms with Gasteiger partial charge in [0.15, 0.2) is 0 Å². The Morgan fingerprint density at radius 1 is 0.969 bits per heavy atom. The Labute approximate surface area is 183 Å². The first-order chi connectivity index (χ1) is 15.7. The SMILES string of the molecule is Cn1cc(-c2cc(Oc3ccc4ncn(CCc5ccccn5)c(=O)c4c3)ccn2)cn1. The first-order valence-electron chi connectivity index (χ1n) is 10.2. The molecule has 0 unspecified atom stereocenters. The van der Waals surface area contributed by atoms with E-state index in [2.05, 4.69) is 20.1 Å². The molecule has 0 aliphatic rings. The molecule has 0 bridgehead atoms. The second-order valence-corrected chi connectivity index (χ2v) is 7.37. The second kappa shape index (κ2) is 8.43. The predicted molar refractivity (Wildman–Crippen MR) is 120 cm³/mol. The van der Waals surface area contributed by atoms with Crippen LogP contribution >= 0.6 is 0 Å². The van der Waals surface area contributed by atoms with E-state index in [1.165, 1.54) is 0 Å². The minimum absolute atomic E-state index is 0.109. The largest absolute Gasteiger partial charge is 0.457 e. The van der Waals surface area contributed by atoms with Crippen molar-refractivity contribution in [2.45, 2.75) is 13.0 Å². The molecule has 5 aromatic rings. The van der Waals surface area contributed by atoms with Crippen molar-refractivity contribution >= 4 is 10.9 Å². The average molecular weight is 424 g/mol. The number of hydrogen-bond acceptors (Lipinski definition) is 6. The lowest BCUT2D eigenvalue weighted by molar-refractivity contribution is 0.483. The first kappa shape index (κ1) is 19.6. The molecule has 0 N–H and O–H groups in total. The minimum Gasteiger partial charge on any atom is -0.457 e. The lowest BCUT2D eigenvalue weighted by Crippen LogP contribution is -2.21. The summed E-state index contributed by atoms with van der Waals surface area (Å²) in [7, 11) is 1.86. The maximum absolute atomic E-state index is 13.0. The number of pyridine rings is 2. The highest BCUT2D eigenvalue weighted by Gasteiger charge is 2.09. The molecule has 0 aliphatic carbocycles. The van der Waals surface area contributed by atoms with Crippen molar-refractivity contribution in [3.05, 3.63) is 95.7 Å². The Morgan fingerprint density at radius 3 is 2.69 bits per heavy atom. The van der Waals surface area contributed by atoms with Gasteiger partial charge in [-0.1, -0.05) is 6.07 Å². The smallest absolute Gasteiger partial charge is 0.261 e. The van der Waals surface area contributed by atoms with Gasteiger partial charge in [0.05, 0.1) is 29.1 Å². The number of aryl methyl sites for hydroxylation is 3. The molecule has 0 radical (unpaired) electrons. The number of hydrogen-bond donors (Lipinski definition) is 0. The van der Waals surface area contributed by atoms with Crippen molar-refractivity contribution in [3.8, 4) is 22.8 Å². The van der Waals surface area contributed by atoms with Crippen molar-refractivity contribution < 1.29 is 4.74 Å². The molecule has 0 saturated carbocycles. The predicted octanol–water partition coefficient (Wildman–Crippen LogP) is 3.62. The average Bonchev–Trinajstić information content (AvgIpc) is 3.26. The number of rotatable bonds is 6. The molecule has 158 valence electrons. The van der Waals surface area contributed by atoms with E-state index in [9.17, 15) is 4.79 Å². The van der Waals surface area contributed by atoms with E-state index in [1.807, 2.05) is 37.5 Å². The van der Waals surface area contributed by atoms with E-state index in [0.29, 0.717) is 35.4 Å². The first-order valence-corrected chi connectivity index (χ1v) is 10.2. The lowest BCUT2D eigenvalue weighted by Gasteiger charge is -2.09. The molecule has 4 heterocycles. The number of ether oxygens (including phenoxy) is 1. The lowest BCUT2D eigenvalue weighted by atomic mass is 10.2. The van der Waals surface area contributed by atoms with Crippen LogP contribution in [0.4, 0.5) is 0 Å². The number of fused-ring (bicyclic) bond motifs is 1. The van der Waals surface area contributed by atoms with E-state index >= 15 is 0 Å². The van der Waals surface area contributed by atoms with Crippen molar-refractivity contribution in [3.63, 3.8) is 0 Å². The Morgan fingerprint density at radius 2 is 1.88 bits per heavy atom. The van der Waals surface area contributed by atoms with Gasteiger partial charge in [-0.05, 0) is 36.4 Å². The Bertz CT molecular complexity index is 1440. The third kappa shape index (κ3) is 4.11. The normalized spacial score (nSPS) is 11.0. The fourth-order valence-electron chi connectivity index (χ4n) is 3.46. The molecule has 0 fully saturated rings. The molecule has 0 saturated heterocycles. The summed E-state index contributed by atoms with van der Waals surface area (Å²) in [6.45, 7) is 0.503. The summed E-state index contributed by atoms with van der Waals surface area (Å²) in [5.41, 5.74) is 3.11. The summed E-state index contributed by atoms with van der Waals surface area (Å²) < 4.78 is 9.35. The van der Waals surface area contributed by atoms with Gasteiger partial charge >= 0.3 is 0 Å². The maximum Gasteiger partial charge on any atom is 0.261 e. The molecule has 0 aliphatic heterocycles. The summed E-state index contributed by atoms with van der Waals surface area (Å²) in [6, 6.07) is 14.7. The third-order valence-corrected chi connectivity index (χ3v) is 5.10. The van der Waals surface area contributed by atoms with Crippen LogP contribution in [0.15, 0.2) is 84.4 Å². The maximum atomic E-state index is 13.0. The highest BCUT2D eigenvalue weighted by molar-refractivity contribution is 5.79. The van der Waals surface area contributed by atoms with Gasteiger partial charge in [-0.25, -0.2) is 4.98 Å². The van der Waals surface area contributed by atoms with E-state index in [0.717, 1.165) is 17.0 Å². The van der Waals surface area contributed by atoms with Gasteiger partial charge in [-0.15, -0.1) is 0 Å². The summed E-state index contributed by atoms with van der Waals surface area (Å²) in [4.78, 5) is 26.1. The molecule has 0 amide bonds. The Hall–Kier alpha value is -4.33. The highest BCUT2D eigenvalue weighted by atomic mass is 16.5. The van der Waals surface area contributed by atoms with Crippen molar-refractivity contribution in [2.24, 2.45) is 7.05 Å². The molecular formula is C24H20N6O2. The quantitative estimate of drug-likeness (QED) is 0.414. The minimum atomic E-state index is -0.109. The van der Waals surface area contributed by atoms with E-state index in [-0.39, 0.29) is 5.56 Å². The molecule has 1 aromatic carbocycles. The highest BCUT2D eigenvalue weighted by Crippen LogP contribution is 2.26. The van der Waals surface area contributed by atoms with Crippen molar-refractivity contribution in [2.75, 3.05) is 0 Å². The van der Waals surface area contributed by atoms with Gasteiger partial charge in [0.25, 0.3) is 5.56 Å². The number of nitrogens with zero attached hydrogens (tertiary/aromatic N) is 6. The fraction of sp³-hybridized carbons (Fsp3) is 0.125. The Balaban J connectivity index is 1.40. The zero-order chi connectivity index (χ0) is 21.9. The van der Waals surface area contributed by atoms with E-state index in [1.54, 1.807) is 58.4 Å².